The molecule has 11 heteroatoms. The highest BCUT2D eigenvalue weighted by atomic mass is 35.5. The second-order valence-corrected chi connectivity index (χ2v) is 13.4. The third-order valence-corrected chi connectivity index (χ3v) is 9.88. The van der Waals surface area contributed by atoms with E-state index in [-0.39, 0.29) is 11.8 Å². The van der Waals surface area contributed by atoms with Crippen LogP contribution in [0.4, 0.5) is 23.1 Å². The van der Waals surface area contributed by atoms with Gasteiger partial charge in [0, 0.05) is 20.0 Å². The van der Waals surface area contributed by atoms with Crippen molar-refractivity contribution in [1.82, 2.24) is 25.5 Å². The number of hydrogen-bond acceptors (Lipinski definition) is 8. The predicted molar refractivity (Wildman–Crippen MR) is 193 cm³/mol. The number of nitrogens with zero attached hydrogens (tertiary/aromatic N) is 3. The number of ether oxygens (including phenoxy) is 1. The molecule has 3 aromatic rings. The standard InChI is InChI=1S/C37H50ClN7O3/c1-39-36(47)29-13-7-8-14-31(29)42-35-30(38)25-41-37(44-35)43-32-16-15-28(24-33(32)48-2)27-17-21-45(22-18-27)20-10-4-3-9-19-40-34(46)23-26-11-5-6-12-26/h7-8,13-16,24-27H,3-6,9-12,17-23H2,1-2H3,(H,39,47)(H,40,46)(H2,41,42,43,44). The molecule has 2 fully saturated rings. The van der Waals surface area contributed by atoms with E-state index in [1.165, 1.54) is 56.7 Å². The van der Waals surface area contributed by atoms with E-state index in [0.29, 0.717) is 39.9 Å². The summed E-state index contributed by atoms with van der Waals surface area (Å²) in [4.78, 5) is 36.0. The van der Waals surface area contributed by atoms with Gasteiger partial charge in [-0.2, -0.15) is 4.98 Å². The average molecular weight is 676 g/mol. The molecule has 4 N–H and O–H groups in total. The van der Waals surface area contributed by atoms with E-state index < -0.39 is 0 Å². The van der Waals surface area contributed by atoms with Crippen molar-refractivity contribution in [2.75, 3.05) is 51.0 Å². The van der Waals surface area contributed by atoms with Crippen molar-refractivity contribution in [1.29, 1.82) is 0 Å². The zero-order chi connectivity index (χ0) is 33.7. The monoisotopic (exact) mass is 675 g/mol. The molecular weight excluding hydrogens is 626 g/mol. The summed E-state index contributed by atoms with van der Waals surface area (Å²) in [6, 6.07) is 13.5. The van der Waals surface area contributed by atoms with Crippen molar-refractivity contribution in [2.24, 2.45) is 5.92 Å². The van der Waals surface area contributed by atoms with Crippen molar-refractivity contribution in [3.05, 3.63) is 64.8 Å². The number of methoxy groups -OCH3 is 1. The Labute approximate surface area is 289 Å². The van der Waals surface area contributed by atoms with Crippen LogP contribution in [0.2, 0.25) is 5.02 Å². The second kappa shape index (κ2) is 18.0. The van der Waals surface area contributed by atoms with Gasteiger partial charge in [0.1, 0.15) is 10.8 Å². The quantitative estimate of drug-likeness (QED) is 0.116. The number of benzene rings is 2. The van der Waals surface area contributed by atoms with Crippen LogP contribution in [0.3, 0.4) is 0 Å². The molecule has 2 amide bonds. The van der Waals surface area contributed by atoms with E-state index >= 15 is 0 Å². The molecule has 0 atom stereocenters. The molecule has 10 nitrogen and oxygen atoms in total. The van der Waals surface area contributed by atoms with Crippen LogP contribution in [0.5, 0.6) is 5.75 Å². The van der Waals surface area contributed by atoms with Crippen molar-refractivity contribution < 1.29 is 14.3 Å². The molecule has 2 aromatic carbocycles. The first-order chi connectivity index (χ1) is 23.4. The molecule has 0 radical (unpaired) electrons. The first-order valence-corrected chi connectivity index (χ1v) is 17.9. The lowest BCUT2D eigenvalue weighted by atomic mass is 9.89. The number of nitrogens with one attached hydrogen (secondary N) is 4. The lowest BCUT2D eigenvalue weighted by Crippen LogP contribution is -2.33. The first-order valence-electron chi connectivity index (χ1n) is 17.5. The highest BCUT2D eigenvalue weighted by Gasteiger charge is 2.22. The van der Waals surface area contributed by atoms with Crippen LogP contribution >= 0.6 is 11.6 Å². The summed E-state index contributed by atoms with van der Waals surface area (Å²) in [6.07, 6.45) is 14.2. The maximum atomic E-state index is 12.3. The summed E-state index contributed by atoms with van der Waals surface area (Å²) < 4.78 is 5.77. The number of amides is 2. The van der Waals surface area contributed by atoms with Crippen LogP contribution in [-0.4, -0.2) is 67.0 Å². The lowest BCUT2D eigenvalue weighted by Gasteiger charge is -2.32. The fourth-order valence-electron chi connectivity index (χ4n) is 6.83. The third-order valence-electron chi connectivity index (χ3n) is 9.60. The van der Waals surface area contributed by atoms with E-state index in [9.17, 15) is 9.59 Å². The zero-order valence-corrected chi connectivity index (χ0v) is 29.1. The number of rotatable bonds is 16. The van der Waals surface area contributed by atoms with Gasteiger partial charge in [-0.25, -0.2) is 4.98 Å². The normalized spacial score (nSPS) is 15.6. The van der Waals surface area contributed by atoms with E-state index in [0.717, 1.165) is 63.3 Å². The molecule has 2 aliphatic rings. The summed E-state index contributed by atoms with van der Waals surface area (Å²) >= 11 is 6.42. The molecule has 0 bridgehead atoms. The Hall–Kier alpha value is -3.89. The average Bonchev–Trinajstić information content (AvgIpc) is 3.62. The highest BCUT2D eigenvalue weighted by molar-refractivity contribution is 6.33. The van der Waals surface area contributed by atoms with E-state index in [1.807, 2.05) is 12.1 Å². The van der Waals surface area contributed by atoms with Crippen molar-refractivity contribution in [2.45, 2.75) is 76.5 Å². The molecule has 0 unspecified atom stereocenters. The van der Waals surface area contributed by atoms with Gasteiger partial charge in [0.05, 0.1) is 30.2 Å². The minimum absolute atomic E-state index is 0.212. The number of para-hydroxylation sites is 1. The number of aromatic nitrogens is 2. The minimum Gasteiger partial charge on any atom is -0.495 e. The number of carbonyl (C=O) groups is 2. The maximum absolute atomic E-state index is 12.3. The van der Waals surface area contributed by atoms with Crippen molar-refractivity contribution in [3.8, 4) is 5.75 Å². The molecule has 1 aromatic heterocycles. The number of unbranched alkanes of at least 4 members (excludes halogenated alkanes) is 3. The van der Waals surface area contributed by atoms with Crippen molar-refractivity contribution in [3.63, 3.8) is 0 Å². The van der Waals surface area contributed by atoms with Gasteiger partial charge in [0.15, 0.2) is 5.82 Å². The Morgan fingerprint density at radius 2 is 1.73 bits per heavy atom. The Bertz CT molecular complexity index is 1510. The van der Waals surface area contributed by atoms with E-state index in [4.69, 9.17) is 16.3 Å². The summed E-state index contributed by atoms with van der Waals surface area (Å²) in [6.45, 7) is 4.15. The SMILES string of the molecule is CNC(=O)c1ccccc1Nc1nc(Nc2ccc(C3CCN(CCCCCCNC(=O)CC4CCCC4)CC3)cc2OC)ncc1Cl. The third kappa shape index (κ3) is 10.1. The Morgan fingerprint density at radius 3 is 2.50 bits per heavy atom. The molecule has 1 saturated carbocycles. The van der Waals surface area contributed by atoms with Crippen LogP contribution in [-0.2, 0) is 4.79 Å². The smallest absolute Gasteiger partial charge is 0.253 e. The number of hydrogen-bond donors (Lipinski definition) is 4. The van der Waals surface area contributed by atoms with Gasteiger partial charge < -0.3 is 30.9 Å². The fourth-order valence-corrected chi connectivity index (χ4v) is 6.97. The molecule has 258 valence electrons. The summed E-state index contributed by atoms with van der Waals surface area (Å²) in [5.41, 5.74) is 3.10. The Balaban J connectivity index is 1.06. The van der Waals surface area contributed by atoms with Gasteiger partial charge in [0.25, 0.3) is 5.91 Å². The molecule has 0 spiro atoms. The number of piperidine rings is 1. The second-order valence-electron chi connectivity index (χ2n) is 13.0. The van der Waals surface area contributed by atoms with Crippen LogP contribution in [0.1, 0.15) is 92.5 Å². The molecule has 2 heterocycles. The summed E-state index contributed by atoms with van der Waals surface area (Å²) in [5, 5.41) is 12.5. The predicted octanol–water partition coefficient (Wildman–Crippen LogP) is 7.42. The molecule has 5 rings (SSSR count). The first kappa shape index (κ1) is 35.4. The molecule has 1 aliphatic heterocycles. The zero-order valence-electron chi connectivity index (χ0n) is 28.3. The van der Waals surface area contributed by atoms with E-state index in [2.05, 4.69) is 48.3 Å². The van der Waals surface area contributed by atoms with Gasteiger partial charge in [-0.05, 0) is 99.8 Å². The Kier molecular flexibility index (Phi) is 13.3. The van der Waals surface area contributed by atoms with Crippen molar-refractivity contribution >= 4 is 46.6 Å². The summed E-state index contributed by atoms with van der Waals surface area (Å²) in [7, 11) is 3.26. The number of halogens is 1. The topological polar surface area (TPSA) is 121 Å². The van der Waals surface area contributed by atoms with Crippen LogP contribution in [0, 0.1) is 5.92 Å². The maximum Gasteiger partial charge on any atom is 0.253 e. The van der Waals surface area contributed by atoms with Gasteiger partial charge in [-0.3, -0.25) is 9.59 Å². The summed E-state index contributed by atoms with van der Waals surface area (Å²) in [5.74, 6) is 2.59. The van der Waals surface area contributed by atoms with Gasteiger partial charge in [-0.1, -0.05) is 55.5 Å². The molecule has 48 heavy (non-hydrogen) atoms. The number of carbonyl (C=O) groups excluding carboxylic acids is 2. The van der Waals surface area contributed by atoms with Crippen LogP contribution < -0.4 is 26.0 Å². The number of anilines is 4. The van der Waals surface area contributed by atoms with Gasteiger partial charge in [0.2, 0.25) is 11.9 Å². The van der Waals surface area contributed by atoms with Crippen LogP contribution in [0.15, 0.2) is 48.7 Å². The molecule has 1 aliphatic carbocycles. The molecule has 1 saturated heterocycles. The Morgan fingerprint density at radius 1 is 0.958 bits per heavy atom. The largest absolute Gasteiger partial charge is 0.495 e. The highest BCUT2D eigenvalue weighted by Crippen LogP contribution is 2.35. The molecular formula is C37H50ClN7O3. The number of likely N-dealkylation sites (tertiary alicyclic amines) is 1. The van der Waals surface area contributed by atoms with Gasteiger partial charge >= 0.3 is 0 Å². The van der Waals surface area contributed by atoms with Gasteiger partial charge in [-0.15, -0.1) is 0 Å². The lowest BCUT2D eigenvalue weighted by molar-refractivity contribution is -0.121. The minimum atomic E-state index is -0.212. The van der Waals surface area contributed by atoms with Crippen LogP contribution in [0.25, 0.3) is 0 Å². The fraction of sp³-hybridized carbons (Fsp3) is 0.514. The van der Waals surface area contributed by atoms with E-state index in [1.54, 1.807) is 32.4 Å².